The molecule has 6 heteroatoms. The summed E-state index contributed by atoms with van der Waals surface area (Å²) in [5.74, 6) is 1.76. The Labute approximate surface area is 144 Å². The van der Waals surface area contributed by atoms with Crippen molar-refractivity contribution in [3.63, 3.8) is 0 Å². The Balaban J connectivity index is 1.58. The third-order valence-corrected chi connectivity index (χ3v) is 3.38. The van der Waals surface area contributed by atoms with Crippen molar-refractivity contribution in [2.75, 3.05) is 5.32 Å². The number of nitrogens with one attached hydrogen (secondary N) is 1. The first kappa shape index (κ1) is 16.6. The zero-order chi connectivity index (χ0) is 17.6. The smallest absolute Gasteiger partial charge is 0.229 e. The summed E-state index contributed by atoms with van der Waals surface area (Å²) in [4.78, 5) is 20.2. The minimum atomic E-state index is -0.312. The molecule has 0 unspecified atom stereocenters. The van der Waals surface area contributed by atoms with Gasteiger partial charge in [0.25, 0.3) is 0 Å². The zero-order valence-corrected chi connectivity index (χ0v) is 13.6. The average molecular weight is 337 g/mol. The fraction of sp³-hybridized carbons (Fsp3) is 0.105. The summed E-state index contributed by atoms with van der Waals surface area (Å²) < 4.78 is 18.5. The van der Waals surface area contributed by atoms with Crippen LogP contribution in [0.25, 0.3) is 0 Å². The first-order valence-electron chi connectivity index (χ1n) is 7.70. The predicted molar refractivity (Wildman–Crippen MR) is 92.0 cm³/mol. The Morgan fingerprint density at radius 1 is 1.04 bits per heavy atom. The van der Waals surface area contributed by atoms with E-state index in [-0.39, 0.29) is 18.1 Å². The van der Waals surface area contributed by atoms with Crippen molar-refractivity contribution >= 4 is 11.7 Å². The quantitative estimate of drug-likeness (QED) is 0.767. The van der Waals surface area contributed by atoms with Crippen molar-refractivity contribution in [3.8, 4) is 11.5 Å². The molecule has 0 fully saturated rings. The number of aromatic nitrogens is 2. The van der Waals surface area contributed by atoms with E-state index in [0.29, 0.717) is 23.1 Å². The average Bonchev–Trinajstić information content (AvgIpc) is 2.59. The number of carbonyl (C=O) groups is 1. The minimum Gasteiger partial charge on any atom is -0.457 e. The van der Waals surface area contributed by atoms with Crippen LogP contribution in [0.15, 0.2) is 60.8 Å². The van der Waals surface area contributed by atoms with Crippen LogP contribution in [0.2, 0.25) is 0 Å². The predicted octanol–water partition coefficient (Wildman–Crippen LogP) is 3.90. The van der Waals surface area contributed by atoms with Gasteiger partial charge in [-0.2, -0.15) is 0 Å². The number of ether oxygens (including phenoxy) is 1. The van der Waals surface area contributed by atoms with Crippen LogP contribution in [0.4, 0.5) is 10.2 Å². The maximum Gasteiger partial charge on any atom is 0.229 e. The summed E-state index contributed by atoms with van der Waals surface area (Å²) in [7, 11) is 0. The Kier molecular flexibility index (Phi) is 4.99. The highest BCUT2D eigenvalue weighted by molar-refractivity contribution is 5.91. The molecule has 0 radical (unpaired) electrons. The van der Waals surface area contributed by atoms with Crippen LogP contribution in [0.1, 0.15) is 11.4 Å². The number of benzene rings is 2. The van der Waals surface area contributed by atoms with Gasteiger partial charge in [0.2, 0.25) is 5.91 Å². The van der Waals surface area contributed by atoms with Crippen LogP contribution in [0, 0.1) is 12.7 Å². The second kappa shape index (κ2) is 7.53. The molecule has 3 aromatic rings. The monoisotopic (exact) mass is 337 g/mol. The third-order valence-electron chi connectivity index (χ3n) is 3.38. The van der Waals surface area contributed by atoms with E-state index in [9.17, 15) is 9.18 Å². The number of aryl methyl sites for hydroxylation is 1. The molecule has 1 heterocycles. The molecule has 126 valence electrons. The minimum absolute atomic E-state index is 0.162. The summed E-state index contributed by atoms with van der Waals surface area (Å²) in [6.45, 7) is 1.76. The third kappa shape index (κ3) is 4.84. The van der Waals surface area contributed by atoms with Crippen molar-refractivity contribution in [3.05, 3.63) is 78.0 Å². The first-order chi connectivity index (χ1) is 12.1. The Hall–Kier alpha value is -3.28. The fourth-order valence-electron chi connectivity index (χ4n) is 2.21. The SMILES string of the molecule is Cc1nccc(NC(=O)Cc2ccc(Oc3ccc(F)cc3)cc2)n1. The van der Waals surface area contributed by atoms with Crippen LogP contribution >= 0.6 is 0 Å². The molecule has 0 atom stereocenters. The first-order valence-corrected chi connectivity index (χ1v) is 7.70. The summed E-state index contributed by atoms with van der Waals surface area (Å²) in [6.07, 6.45) is 1.82. The van der Waals surface area contributed by atoms with Crippen LogP contribution in [0.5, 0.6) is 11.5 Å². The molecular weight excluding hydrogens is 321 g/mol. The molecule has 0 spiro atoms. The van der Waals surface area contributed by atoms with Gasteiger partial charge < -0.3 is 10.1 Å². The molecule has 0 aliphatic carbocycles. The second-order valence-corrected chi connectivity index (χ2v) is 5.41. The van der Waals surface area contributed by atoms with Crippen molar-refractivity contribution in [2.45, 2.75) is 13.3 Å². The van der Waals surface area contributed by atoms with Gasteiger partial charge in [-0.3, -0.25) is 4.79 Å². The van der Waals surface area contributed by atoms with Crippen molar-refractivity contribution in [2.24, 2.45) is 0 Å². The van der Waals surface area contributed by atoms with E-state index in [1.165, 1.54) is 12.1 Å². The molecule has 0 aliphatic heterocycles. The van der Waals surface area contributed by atoms with E-state index in [2.05, 4.69) is 15.3 Å². The van der Waals surface area contributed by atoms with Gasteiger partial charge in [-0.15, -0.1) is 0 Å². The molecule has 1 aromatic heterocycles. The maximum atomic E-state index is 12.9. The molecule has 3 rings (SSSR count). The van der Waals surface area contributed by atoms with Gasteiger partial charge in [-0.25, -0.2) is 14.4 Å². The molecule has 1 amide bonds. The lowest BCUT2D eigenvalue weighted by Gasteiger charge is -2.07. The van der Waals surface area contributed by atoms with Crippen molar-refractivity contribution in [1.82, 2.24) is 9.97 Å². The number of rotatable bonds is 5. The number of anilines is 1. The number of halogens is 1. The summed E-state index contributed by atoms with van der Waals surface area (Å²) >= 11 is 0. The fourth-order valence-corrected chi connectivity index (χ4v) is 2.21. The second-order valence-electron chi connectivity index (χ2n) is 5.41. The van der Waals surface area contributed by atoms with Crippen LogP contribution in [-0.4, -0.2) is 15.9 Å². The molecule has 0 saturated carbocycles. The van der Waals surface area contributed by atoms with E-state index in [1.807, 2.05) is 12.1 Å². The molecule has 5 nitrogen and oxygen atoms in total. The zero-order valence-electron chi connectivity index (χ0n) is 13.6. The lowest BCUT2D eigenvalue weighted by Crippen LogP contribution is -2.15. The molecular formula is C19H16FN3O2. The summed E-state index contributed by atoms with van der Waals surface area (Å²) in [6, 6.07) is 14.6. The Morgan fingerprint density at radius 3 is 2.32 bits per heavy atom. The van der Waals surface area contributed by atoms with Gasteiger partial charge in [0.15, 0.2) is 0 Å². The highest BCUT2D eigenvalue weighted by Crippen LogP contribution is 2.22. The number of hydrogen-bond acceptors (Lipinski definition) is 4. The van der Waals surface area contributed by atoms with Gasteiger partial charge >= 0.3 is 0 Å². The van der Waals surface area contributed by atoms with Crippen LogP contribution in [-0.2, 0) is 11.2 Å². The standard InChI is InChI=1S/C19H16FN3O2/c1-13-21-11-10-18(22-13)23-19(24)12-14-2-6-16(7-3-14)25-17-8-4-15(20)5-9-17/h2-11H,12H2,1H3,(H,21,22,23,24). The molecule has 1 N–H and O–H groups in total. The normalized spacial score (nSPS) is 10.3. The molecule has 25 heavy (non-hydrogen) atoms. The Bertz CT molecular complexity index is 865. The molecule has 2 aromatic carbocycles. The number of hydrogen-bond donors (Lipinski definition) is 1. The van der Waals surface area contributed by atoms with Gasteiger partial charge in [0.1, 0.15) is 29.0 Å². The van der Waals surface area contributed by atoms with Crippen molar-refractivity contribution in [1.29, 1.82) is 0 Å². The summed E-state index contributed by atoms with van der Waals surface area (Å²) in [5, 5.41) is 2.73. The largest absolute Gasteiger partial charge is 0.457 e. The molecule has 0 saturated heterocycles. The summed E-state index contributed by atoms with van der Waals surface area (Å²) in [5.41, 5.74) is 0.842. The highest BCUT2D eigenvalue weighted by atomic mass is 19.1. The lowest BCUT2D eigenvalue weighted by atomic mass is 10.1. The van der Waals surface area contributed by atoms with E-state index in [1.54, 1.807) is 43.5 Å². The van der Waals surface area contributed by atoms with E-state index < -0.39 is 0 Å². The van der Waals surface area contributed by atoms with E-state index >= 15 is 0 Å². The van der Waals surface area contributed by atoms with Crippen molar-refractivity contribution < 1.29 is 13.9 Å². The van der Waals surface area contributed by atoms with Crippen LogP contribution in [0.3, 0.4) is 0 Å². The number of amides is 1. The lowest BCUT2D eigenvalue weighted by molar-refractivity contribution is -0.115. The van der Waals surface area contributed by atoms with Crippen LogP contribution < -0.4 is 10.1 Å². The van der Waals surface area contributed by atoms with Gasteiger partial charge in [0, 0.05) is 6.20 Å². The topological polar surface area (TPSA) is 64.1 Å². The number of nitrogens with zero attached hydrogens (tertiary/aromatic N) is 2. The molecule has 0 aliphatic rings. The van der Waals surface area contributed by atoms with E-state index in [4.69, 9.17) is 4.74 Å². The Morgan fingerprint density at radius 2 is 1.68 bits per heavy atom. The van der Waals surface area contributed by atoms with E-state index in [0.717, 1.165) is 5.56 Å². The number of carbonyl (C=O) groups excluding carboxylic acids is 1. The molecule has 0 bridgehead atoms. The van der Waals surface area contributed by atoms with Gasteiger partial charge in [-0.05, 0) is 55.0 Å². The highest BCUT2D eigenvalue weighted by Gasteiger charge is 2.06. The van der Waals surface area contributed by atoms with Gasteiger partial charge in [0.05, 0.1) is 6.42 Å². The maximum absolute atomic E-state index is 12.9. The van der Waals surface area contributed by atoms with Gasteiger partial charge in [-0.1, -0.05) is 12.1 Å².